The maximum Gasteiger partial charge on any atom is 0.123 e. The van der Waals surface area contributed by atoms with Gasteiger partial charge in [-0.3, -0.25) is 0 Å². The molecule has 0 aliphatic rings. The Balaban J connectivity index is 1.77. The Kier molecular flexibility index (Phi) is 4.50. The number of rotatable bonds is 2. The molecule has 6 aromatic rings. The summed E-state index contributed by atoms with van der Waals surface area (Å²) in [4.78, 5) is 0. The SMILES string of the molecule is CC(C)(C)c1cc2ccc3c(-c4ccc(F)cc4)cc(-c4ccc(F)cc4)c4ccc(c1)c2c34. The molecule has 2 heteroatoms. The zero-order valence-corrected chi connectivity index (χ0v) is 19.4. The van der Waals surface area contributed by atoms with Gasteiger partial charge in [-0.05, 0) is 95.9 Å². The lowest BCUT2D eigenvalue weighted by Crippen LogP contribution is -2.10. The summed E-state index contributed by atoms with van der Waals surface area (Å²) in [5.41, 5.74) is 5.34. The number of hydrogen-bond donors (Lipinski definition) is 0. The minimum Gasteiger partial charge on any atom is -0.207 e. The van der Waals surface area contributed by atoms with Crippen molar-refractivity contribution in [1.82, 2.24) is 0 Å². The minimum absolute atomic E-state index is 0.0446. The lowest BCUT2D eigenvalue weighted by molar-refractivity contribution is 0.591. The molecule has 0 saturated heterocycles. The largest absolute Gasteiger partial charge is 0.207 e. The molecule has 0 aliphatic heterocycles. The van der Waals surface area contributed by atoms with Crippen molar-refractivity contribution in [2.24, 2.45) is 0 Å². The van der Waals surface area contributed by atoms with Gasteiger partial charge in [-0.2, -0.15) is 0 Å². The van der Waals surface area contributed by atoms with Crippen molar-refractivity contribution in [3.05, 3.63) is 108 Å². The lowest BCUT2D eigenvalue weighted by Gasteiger charge is -2.23. The quantitative estimate of drug-likeness (QED) is 0.232. The molecule has 0 amide bonds. The van der Waals surface area contributed by atoms with Crippen molar-refractivity contribution >= 4 is 32.3 Å². The highest BCUT2D eigenvalue weighted by molar-refractivity contribution is 6.28. The zero-order chi connectivity index (χ0) is 23.6. The summed E-state index contributed by atoms with van der Waals surface area (Å²) in [5, 5.41) is 7.11. The van der Waals surface area contributed by atoms with Crippen molar-refractivity contribution in [3.63, 3.8) is 0 Å². The highest BCUT2D eigenvalue weighted by Gasteiger charge is 2.20. The Morgan fingerprint density at radius 1 is 0.500 bits per heavy atom. The first-order valence-electron chi connectivity index (χ1n) is 11.6. The summed E-state index contributed by atoms with van der Waals surface area (Å²) in [6.45, 7) is 6.71. The molecule has 0 fully saturated rings. The van der Waals surface area contributed by atoms with Gasteiger partial charge in [0.25, 0.3) is 0 Å². The van der Waals surface area contributed by atoms with E-state index in [1.54, 1.807) is 0 Å². The van der Waals surface area contributed by atoms with Gasteiger partial charge in [0.05, 0.1) is 0 Å². The molecule has 166 valence electrons. The highest BCUT2D eigenvalue weighted by Crippen LogP contribution is 2.45. The molecule has 0 radical (unpaired) electrons. The fraction of sp³-hybridized carbons (Fsp3) is 0.125. The predicted octanol–water partition coefficient (Wildman–Crippen LogP) is 9.49. The Hall–Kier alpha value is -3.78. The van der Waals surface area contributed by atoms with Crippen molar-refractivity contribution < 1.29 is 8.78 Å². The molecule has 0 aromatic heterocycles. The number of benzene rings is 6. The van der Waals surface area contributed by atoms with E-state index < -0.39 is 0 Å². The van der Waals surface area contributed by atoms with Gasteiger partial charge in [0.2, 0.25) is 0 Å². The van der Waals surface area contributed by atoms with Crippen LogP contribution in [0.5, 0.6) is 0 Å². The van der Waals surface area contributed by atoms with Crippen LogP contribution in [0.2, 0.25) is 0 Å². The summed E-state index contributed by atoms with van der Waals surface area (Å²) in [6, 6.07) is 28.8. The third kappa shape index (κ3) is 3.25. The van der Waals surface area contributed by atoms with E-state index in [-0.39, 0.29) is 17.0 Å². The Morgan fingerprint density at radius 2 is 0.941 bits per heavy atom. The summed E-state index contributed by atoms with van der Waals surface area (Å²) in [7, 11) is 0. The van der Waals surface area contributed by atoms with E-state index in [1.807, 2.05) is 24.3 Å². The normalized spacial score (nSPS) is 12.3. The molecular weight excluding hydrogens is 422 g/mol. The molecule has 34 heavy (non-hydrogen) atoms. The summed E-state index contributed by atoms with van der Waals surface area (Å²) in [5.74, 6) is -0.509. The van der Waals surface area contributed by atoms with Crippen LogP contribution >= 0.6 is 0 Å². The standard InChI is InChI=1S/C32H24F2/c1-32(2,3)23-16-21-8-14-26-28(19-4-10-24(33)11-5-19)18-29(20-6-12-25(34)13-7-20)27-15-9-22(17-23)30(21)31(26)27/h4-18H,1-3H3. The molecule has 0 spiro atoms. The molecular formula is C32H24F2. The van der Waals surface area contributed by atoms with Crippen LogP contribution in [0, 0.1) is 11.6 Å². The van der Waals surface area contributed by atoms with Crippen LogP contribution in [0.1, 0.15) is 26.3 Å². The maximum atomic E-state index is 13.7. The second-order valence-corrected chi connectivity index (χ2v) is 10.1. The Morgan fingerprint density at radius 3 is 1.35 bits per heavy atom. The van der Waals surface area contributed by atoms with E-state index >= 15 is 0 Å². The van der Waals surface area contributed by atoms with Crippen LogP contribution in [-0.2, 0) is 5.41 Å². The van der Waals surface area contributed by atoms with Crippen LogP contribution in [0.15, 0.2) is 91.0 Å². The van der Waals surface area contributed by atoms with Gasteiger partial charge in [-0.15, -0.1) is 0 Å². The zero-order valence-electron chi connectivity index (χ0n) is 19.4. The third-order valence-electron chi connectivity index (χ3n) is 6.89. The average molecular weight is 447 g/mol. The Labute approximate surface area is 197 Å². The molecule has 6 aromatic carbocycles. The summed E-state index contributed by atoms with van der Waals surface area (Å²) >= 11 is 0. The molecule has 0 N–H and O–H groups in total. The highest BCUT2D eigenvalue weighted by atomic mass is 19.1. The van der Waals surface area contributed by atoms with Gasteiger partial charge in [-0.25, -0.2) is 8.78 Å². The van der Waals surface area contributed by atoms with E-state index in [9.17, 15) is 8.78 Å². The molecule has 0 atom stereocenters. The first-order valence-corrected chi connectivity index (χ1v) is 11.6. The topological polar surface area (TPSA) is 0 Å². The lowest BCUT2D eigenvalue weighted by atomic mass is 9.81. The molecule has 0 bridgehead atoms. The fourth-order valence-electron chi connectivity index (χ4n) is 5.08. The molecule has 6 rings (SSSR count). The smallest absolute Gasteiger partial charge is 0.123 e. The van der Waals surface area contributed by atoms with E-state index in [4.69, 9.17) is 0 Å². The van der Waals surface area contributed by atoms with Crippen LogP contribution in [0.4, 0.5) is 8.78 Å². The van der Waals surface area contributed by atoms with E-state index in [0.717, 1.165) is 33.0 Å². The van der Waals surface area contributed by atoms with Crippen LogP contribution < -0.4 is 0 Å². The van der Waals surface area contributed by atoms with Gasteiger partial charge in [0.15, 0.2) is 0 Å². The monoisotopic (exact) mass is 446 g/mol. The first kappa shape index (κ1) is 20.8. The van der Waals surface area contributed by atoms with Crippen LogP contribution in [0.25, 0.3) is 54.6 Å². The summed E-state index contributed by atoms with van der Waals surface area (Å²) in [6.07, 6.45) is 0. The van der Waals surface area contributed by atoms with Crippen LogP contribution in [0.3, 0.4) is 0 Å². The van der Waals surface area contributed by atoms with E-state index in [0.29, 0.717) is 0 Å². The maximum absolute atomic E-state index is 13.7. The van der Waals surface area contributed by atoms with Crippen molar-refractivity contribution in [2.45, 2.75) is 26.2 Å². The molecule has 0 heterocycles. The second-order valence-electron chi connectivity index (χ2n) is 10.1. The second kappa shape index (κ2) is 7.36. The van der Waals surface area contributed by atoms with Gasteiger partial charge in [0, 0.05) is 0 Å². The van der Waals surface area contributed by atoms with Crippen molar-refractivity contribution in [2.75, 3.05) is 0 Å². The van der Waals surface area contributed by atoms with Gasteiger partial charge in [-0.1, -0.05) is 81.4 Å². The van der Waals surface area contributed by atoms with E-state index in [1.165, 1.54) is 51.4 Å². The third-order valence-corrected chi connectivity index (χ3v) is 6.89. The molecule has 0 saturated carbocycles. The Bertz CT molecular complexity index is 1560. The molecule has 0 aliphatic carbocycles. The van der Waals surface area contributed by atoms with Crippen molar-refractivity contribution in [1.29, 1.82) is 0 Å². The summed E-state index contributed by atoms with van der Waals surface area (Å²) < 4.78 is 27.4. The van der Waals surface area contributed by atoms with Gasteiger partial charge >= 0.3 is 0 Å². The molecule has 0 unspecified atom stereocenters. The van der Waals surface area contributed by atoms with Gasteiger partial charge < -0.3 is 0 Å². The minimum atomic E-state index is -0.255. The van der Waals surface area contributed by atoms with Crippen LogP contribution in [-0.4, -0.2) is 0 Å². The fourth-order valence-corrected chi connectivity index (χ4v) is 5.08. The first-order chi connectivity index (χ1) is 16.3. The predicted molar refractivity (Wildman–Crippen MR) is 140 cm³/mol. The van der Waals surface area contributed by atoms with E-state index in [2.05, 4.69) is 63.2 Å². The number of hydrogen-bond acceptors (Lipinski definition) is 0. The van der Waals surface area contributed by atoms with Gasteiger partial charge in [0.1, 0.15) is 11.6 Å². The average Bonchev–Trinajstić information content (AvgIpc) is 2.82. The van der Waals surface area contributed by atoms with Crippen molar-refractivity contribution in [3.8, 4) is 22.3 Å². The molecule has 0 nitrogen and oxygen atoms in total. The number of halogens is 2.